The average Bonchev–Trinajstić information content (AvgIpc) is 3.24. The lowest BCUT2D eigenvalue weighted by atomic mass is 9.88. The maximum atomic E-state index is 13.2. The minimum atomic E-state index is -3.21. The maximum Gasteiger partial charge on any atom is 0.214 e. The Bertz CT molecular complexity index is 735. The molecule has 0 radical (unpaired) electrons. The molecule has 4 aliphatic rings. The van der Waals surface area contributed by atoms with Crippen LogP contribution in [0.25, 0.3) is 0 Å². The second-order valence-electron chi connectivity index (χ2n) is 8.24. The largest absolute Gasteiger partial charge is 0.379 e. The first-order valence-corrected chi connectivity index (χ1v) is 10.8. The highest BCUT2D eigenvalue weighted by molar-refractivity contribution is 7.89. The van der Waals surface area contributed by atoms with Gasteiger partial charge in [-0.3, -0.25) is 0 Å². The molecule has 3 fully saturated rings. The highest BCUT2D eigenvalue weighted by Gasteiger charge is 2.62. The Morgan fingerprint density at radius 3 is 2.50 bits per heavy atom. The predicted octanol–water partition coefficient (Wildman–Crippen LogP) is 2.09. The Labute approximate surface area is 144 Å². The van der Waals surface area contributed by atoms with E-state index >= 15 is 0 Å². The monoisotopic (exact) mass is 347 g/mol. The second kappa shape index (κ2) is 5.29. The fourth-order valence-corrected chi connectivity index (χ4v) is 8.23. The van der Waals surface area contributed by atoms with Crippen molar-refractivity contribution < 1.29 is 13.2 Å². The normalized spacial score (nSPS) is 38.1. The molecular formula is C19H25NO3S. The molecular weight excluding hydrogens is 322 g/mol. The molecule has 5 heteroatoms. The van der Waals surface area contributed by atoms with E-state index in [0.29, 0.717) is 23.5 Å². The molecule has 5 atom stereocenters. The molecule has 0 N–H and O–H groups in total. The summed E-state index contributed by atoms with van der Waals surface area (Å²) in [6, 6.07) is 8.49. The van der Waals surface area contributed by atoms with Gasteiger partial charge in [0.2, 0.25) is 10.0 Å². The highest BCUT2D eigenvalue weighted by Crippen LogP contribution is 2.56. The van der Waals surface area contributed by atoms with Crippen LogP contribution in [0.5, 0.6) is 0 Å². The first-order valence-electron chi connectivity index (χ1n) is 9.16. The van der Waals surface area contributed by atoms with E-state index in [1.54, 1.807) is 7.11 Å². The highest BCUT2D eigenvalue weighted by atomic mass is 32.2. The average molecular weight is 347 g/mol. The number of hydrogen-bond donors (Lipinski definition) is 0. The minimum Gasteiger partial charge on any atom is -0.379 e. The molecule has 1 aromatic rings. The summed E-state index contributed by atoms with van der Waals surface area (Å²) in [7, 11) is -1.46. The first kappa shape index (κ1) is 15.4. The number of fused-ring (bicyclic) bond motifs is 2. The third-order valence-corrected chi connectivity index (χ3v) is 8.98. The number of benzene rings is 1. The molecule has 1 aliphatic heterocycles. The molecule has 130 valence electrons. The lowest BCUT2D eigenvalue weighted by molar-refractivity contribution is 0.0265. The third kappa shape index (κ3) is 2.14. The van der Waals surface area contributed by atoms with Crippen molar-refractivity contribution in [3.63, 3.8) is 0 Å². The van der Waals surface area contributed by atoms with Crippen LogP contribution in [-0.2, 0) is 27.6 Å². The van der Waals surface area contributed by atoms with Crippen molar-refractivity contribution in [1.82, 2.24) is 4.31 Å². The Morgan fingerprint density at radius 1 is 1.12 bits per heavy atom. The number of hydrogen-bond acceptors (Lipinski definition) is 3. The van der Waals surface area contributed by atoms with E-state index in [4.69, 9.17) is 4.74 Å². The van der Waals surface area contributed by atoms with E-state index in [0.717, 1.165) is 32.2 Å². The van der Waals surface area contributed by atoms with Crippen molar-refractivity contribution in [2.24, 2.45) is 23.7 Å². The summed E-state index contributed by atoms with van der Waals surface area (Å²) in [5.41, 5.74) is 2.66. The van der Waals surface area contributed by atoms with Crippen LogP contribution in [0.2, 0.25) is 0 Å². The fraction of sp³-hybridized carbons (Fsp3) is 0.684. The molecule has 24 heavy (non-hydrogen) atoms. The van der Waals surface area contributed by atoms with E-state index < -0.39 is 10.0 Å². The van der Waals surface area contributed by atoms with Crippen molar-refractivity contribution in [3.8, 4) is 0 Å². The Kier molecular flexibility index (Phi) is 3.39. The van der Waals surface area contributed by atoms with Gasteiger partial charge in [0.25, 0.3) is 0 Å². The summed E-state index contributed by atoms with van der Waals surface area (Å²) in [6.45, 7) is 0.730. The van der Waals surface area contributed by atoms with Crippen LogP contribution < -0.4 is 0 Å². The van der Waals surface area contributed by atoms with Crippen molar-refractivity contribution in [2.45, 2.75) is 37.8 Å². The number of ether oxygens (including phenoxy) is 1. The van der Waals surface area contributed by atoms with Gasteiger partial charge in [-0.15, -0.1) is 0 Å². The van der Waals surface area contributed by atoms with Crippen LogP contribution in [-0.4, -0.2) is 44.3 Å². The molecule has 0 amide bonds. The van der Waals surface area contributed by atoms with Crippen LogP contribution in [0, 0.1) is 23.7 Å². The van der Waals surface area contributed by atoms with E-state index in [-0.39, 0.29) is 18.1 Å². The molecule has 1 aromatic carbocycles. The van der Waals surface area contributed by atoms with Crippen LogP contribution in [0.3, 0.4) is 0 Å². The van der Waals surface area contributed by atoms with Crippen LogP contribution in [0.4, 0.5) is 0 Å². The zero-order valence-corrected chi connectivity index (χ0v) is 14.9. The van der Waals surface area contributed by atoms with Crippen molar-refractivity contribution >= 4 is 10.0 Å². The van der Waals surface area contributed by atoms with Gasteiger partial charge in [0, 0.05) is 13.7 Å². The third-order valence-electron chi connectivity index (χ3n) is 6.98. The summed E-state index contributed by atoms with van der Waals surface area (Å²) in [4.78, 5) is 0. The molecule has 5 rings (SSSR count). The lowest BCUT2D eigenvalue weighted by Gasteiger charge is -2.31. The fourth-order valence-electron chi connectivity index (χ4n) is 6.14. The number of rotatable bonds is 4. The van der Waals surface area contributed by atoms with E-state index in [1.165, 1.54) is 11.1 Å². The van der Waals surface area contributed by atoms with Gasteiger partial charge in [0.05, 0.1) is 17.9 Å². The smallest absolute Gasteiger partial charge is 0.214 e. The van der Waals surface area contributed by atoms with Crippen LogP contribution >= 0.6 is 0 Å². The summed E-state index contributed by atoms with van der Waals surface area (Å²) in [6.07, 6.45) is 4.23. The topological polar surface area (TPSA) is 46.6 Å². The lowest BCUT2D eigenvalue weighted by Crippen LogP contribution is -2.46. The first-order chi connectivity index (χ1) is 11.6. The molecule has 0 spiro atoms. The van der Waals surface area contributed by atoms with Crippen LogP contribution in [0.15, 0.2) is 24.3 Å². The molecule has 2 bridgehead atoms. The minimum absolute atomic E-state index is 0.104. The van der Waals surface area contributed by atoms with Gasteiger partial charge in [0.1, 0.15) is 0 Å². The standard InChI is InChI=1S/C19H25NO3S/c1-23-19-15-8-16-10-20(18(19)17(16)9-15)24(21,22)11-12-6-13-4-2-3-5-14(13)7-12/h2-5,12,15-19H,6-11H2,1H3. The number of nitrogens with zero attached hydrogens (tertiary/aromatic N) is 1. The van der Waals surface area contributed by atoms with Gasteiger partial charge in [0.15, 0.2) is 0 Å². The predicted molar refractivity (Wildman–Crippen MR) is 92.1 cm³/mol. The van der Waals surface area contributed by atoms with Gasteiger partial charge in [-0.1, -0.05) is 24.3 Å². The van der Waals surface area contributed by atoms with Crippen LogP contribution in [0.1, 0.15) is 24.0 Å². The van der Waals surface area contributed by atoms with E-state index in [2.05, 4.69) is 24.3 Å². The zero-order valence-electron chi connectivity index (χ0n) is 14.1. The molecule has 0 aromatic heterocycles. The molecule has 1 saturated heterocycles. The Morgan fingerprint density at radius 2 is 1.83 bits per heavy atom. The van der Waals surface area contributed by atoms with Gasteiger partial charge in [-0.25, -0.2) is 8.42 Å². The summed E-state index contributed by atoms with van der Waals surface area (Å²) in [5.74, 6) is 2.20. The Balaban J connectivity index is 1.36. The molecule has 2 saturated carbocycles. The second-order valence-corrected chi connectivity index (χ2v) is 10.2. The van der Waals surface area contributed by atoms with E-state index in [1.807, 2.05) is 4.31 Å². The summed E-state index contributed by atoms with van der Waals surface area (Å²) >= 11 is 0. The maximum absolute atomic E-state index is 13.2. The van der Waals surface area contributed by atoms with E-state index in [9.17, 15) is 8.42 Å². The van der Waals surface area contributed by atoms with Gasteiger partial charge in [-0.05, 0) is 60.5 Å². The summed E-state index contributed by atoms with van der Waals surface area (Å²) < 4.78 is 33.9. The number of sulfonamides is 1. The van der Waals surface area contributed by atoms with Crippen molar-refractivity contribution in [3.05, 3.63) is 35.4 Å². The van der Waals surface area contributed by atoms with Crippen molar-refractivity contribution in [2.75, 3.05) is 19.4 Å². The number of methoxy groups -OCH3 is 1. The molecule has 3 aliphatic carbocycles. The zero-order chi connectivity index (χ0) is 16.5. The quantitative estimate of drug-likeness (QED) is 0.838. The Hall–Kier alpha value is -0.910. The van der Waals surface area contributed by atoms with Gasteiger partial charge < -0.3 is 4.74 Å². The molecule has 4 nitrogen and oxygen atoms in total. The van der Waals surface area contributed by atoms with Crippen molar-refractivity contribution in [1.29, 1.82) is 0 Å². The van der Waals surface area contributed by atoms with Gasteiger partial charge >= 0.3 is 0 Å². The summed E-state index contributed by atoms with van der Waals surface area (Å²) in [5, 5.41) is 0. The SMILES string of the molecule is COC1C2CC3CN(S(=O)(=O)CC4Cc5ccccc5C4)C1C3C2. The molecule has 5 unspecified atom stereocenters. The molecule has 1 heterocycles. The van der Waals surface area contributed by atoms with Gasteiger partial charge in [-0.2, -0.15) is 4.31 Å².